The fourth-order valence-electron chi connectivity index (χ4n) is 2.38. The molecule has 1 aromatic carbocycles. The van der Waals surface area contributed by atoms with Gasteiger partial charge in [-0.3, -0.25) is 4.79 Å². The van der Waals surface area contributed by atoms with Gasteiger partial charge in [0, 0.05) is 29.2 Å². The first-order chi connectivity index (χ1) is 9.11. The second-order valence-corrected chi connectivity index (χ2v) is 5.64. The number of amides is 1. The first-order valence-corrected chi connectivity index (χ1v) is 7.25. The topological polar surface area (TPSA) is 32.3 Å². The van der Waals surface area contributed by atoms with Gasteiger partial charge in [0.05, 0.1) is 6.42 Å². The zero-order valence-electron chi connectivity index (χ0n) is 11.4. The van der Waals surface area contributed by atoms with E-state index in [1.165, 1.54) is 0 Å². The normalized spacial score (nSPS) is 15.8. The fourth-order valence-corrected chi connectivity index (χ4v) is 2.91. The molecule has 0 atom stereocenters. The van der Waals surface area contributed by atoms with Gasteiger partial charge in [-0.25, -0.2) is 0 Å². The Bertz CT molecular complexity index is 439. The summed E-state index contributed by atoms with van der Waals surface area (Å²) in [5, 5.41) is 4.37. The third-order valence-electron chi connectivity index (χ3n) is 3.65. The molecule has 1 aromatic rings. The first-order valence-electron chi connectivity index (χ1n) is 6.49. The van der Waals surface area contributed by atoms with Gasteiger partial charge in [0.2, 0.25) is 5.91 Å². The van der Waals surface area contributed by atoms with Crippen LogP contribution in [0.15, 0.2) is 18.2 Å². The molecule has 1 aliphatic rings. The van der Waals surface area contributed by atoms with Crippen LogP contribution in [0.4, 0.5) is 0 Å². The lowest BCUT2D eigenvalue weighted by molar-refractivity contribution is -0.131. The Hall–Kier alpha value is -0.480. The van der Waals surface area contributed by atoms with Gasteiger partial charge in [-0.15, -0.1) is 12.4 Å². The average molecular weight is 338 g/mol. The van der Waals surface area contributed by atoms with Crippen molar-refractivity contribution in [1.82, 2.24) is 10.2 Å². The summed E-state index contributed by atoms with van der Waals surface area (Å²) in [6.07, 6.45) is 2.28. The van der Waals surface area contributed by atoms with E-state index >= 15 is 0 Å². The van der Waals surface area contributed by atoms with E-state index in [4.69, 9.17) is 23.2 Å². The molecule has 112 valence electrons. The summed E-state index contributed by atoms with van der Waals surface area (Å²) in [6, 6.07) is 5.84. The van der Waals surface area contributed by atoms with Gasteiger partial charge in [0.1, 0.15) is 0 Å². The molecule has 0 radical (unpaired) electrons. The van der Waals surface area contributed by atoms with Gasteiger partial charge in [0.15, 0.2) is 0 Å². The van der Waals surface area contributed by atoms with Gasteiger partial charge in [-0.1, -0.05) is 29.3 Å². The van der Waals surface area contributed by atoms with Crippen molar-refractivity contribution in [2.24, 2.45) is 0 Å². The Balaban J connectivity index is 0.00000200. The summed E-state index contributed by atoms with van der Waals surface area (Å²) in [4.78, 5) is 14.2. The Morgan fingerprint density at radius 2 is 1.85 bits per heavy atom. The van der Waals surface area contributed by atoms with Gasteiger partial charge in [-0.05, 0) is 37.6 Å². The Morgan fingerprint density at radius 1 is 1.30 bits per heavy atom. The molecular formula is C14H19Cl3N2O. The largest absolute Gasteiger partial charge is 0.342 e. The Kier molecular flexibility index (Phi) is 7.10. The molecule has 3 nitrogen and oxygen atoms in total. The number of likely N-dealkylation sites (tertiary alicyclic amines) is 1. The summed E-state index contributed by atoms with van der Waals surface area (Å²) < 4.78 is 0. The maximum atomic E-state index is 12.3. The number of hydrogen-bond acceptors (Lipinski definition) is 2. The number of benzene rings is 1. The fraction of sp³-hybridized carbons (Fsp3) is 0.500. The van der Waals surface area contributed by atoms with Crippen molar-refractivity contribution >= 4 is 41.5 Å². The van der Waals surface area contributed by atoms with Crippen molar-refractivity contribution in [2.75, 3.05) is 20.1 Å². The minimum atomic E-state index is 0. The highest BCUT2D eigenvalue weighted by Gasteiger charge is 2.22. The van der Waals surface area contributed by atoms with Crippen LogP contribution < -0.4 is 5.32 Å². The van der Waals surface area contributed by atoms with E-state index in [0.29, 0.717) is 16.1 Å². The van der Waals surface area contributed by atoms with Crippen LogP contribution in [0.25, 0.3) is 0 Å². The monoisotopic (exact) mass is 336 g/mol. The second-order valence-electron chi connectivity index (χ2n) is 4.82. The van der Waals surface area contributed by atoms with Crippen molar-refractivity contribution in [3.05, 3.63) is 33.8 Å². The molecular weight excluding hydrogens is 319 g/mol. The summed E-state index contributed by atoms with van der Waals surface area (Å²) in [5.41, 5.74) is 0.728. The summed E-state index contributed by atoms with van der Waals surface area (Å²) in [7, 11) is 1.96. The number of carbonyl (C=O) groups excluding carboxylic acids is 1. The molecule has 0 unspecified atom stereocenters. The van der Waals surface area contributed by atoms with E-state index in [2.05, 4.69) is 5.32 Å². The minimum Gasteiger partial charge on any atom is -0.342 e. The van der Waals surface area contributed by atoms with Gasteiger partial charge in [0.25, 0.3) is 0 Å². The highest BCUT2D eigenvalue weighted by atomic mass is 35.5. The molecule has 1 amide bonds. The Morgan fingerprint density at radius 3 is 2.35 bits per heavy atom. The summed E-state index contributed by atoms with van der Waals surface area (Å²) in [6.45, 7) is 1.60. The molecule has 0 spiro atoms. The number of carbonyl (C=O) groups is 1. The third kappa shape index (κ3) is 4.26. The molecule has 0 bridgehead atoms. The molecule has 1 saturated heterocycles. The van der Waals surface area contributed by atoms with Crippen molar-refractivity contribution in [1.29, 1.82) is 0 Å². The van der Waals surface area contributed by atoms with Gasteiger partial charge >= 0.3 is 0 Å². The molecule has 1 heterocycles. The van der Waals surface area contributed by atoms with Crippen molar-refractivity contribution in [2.45, 2.75) is 25.3 Å². The molecule has 2 rings (SSSR count). The van der Waals surface area contributed by atoms with Crippen LogP contribution in [0.2, 0.25) is 10.0 Å². The summed E-state index contributed by atoms with van der Waals surface area (Å²) >= 11 is 12.2. The lowest BCUT2D eigenvalue weighted by Gasteiger charge is -2.32. The third-order valence-corrected chi connectivity index (χ3v) is 4.35. The predicted molar refractivity (Wildman–Crippen MR) is 86.1 cm³/mol. The van der Waals surface area contributed by atoms with Crippen molar-refractivity contribution in [3.8, 4) is 0 Å². The smallest absolute Gasteiger partial charge is 0.227 e. The van der Waals surface area contributed by atoms with E-state index in [1.807, 2.05) is 11.9 Å². The van der Waals surface area contributed by atoms with E-state index < -0.39 is 0 Å². The number of halogens is 3. The number of rotatable bonds is 3. The quantitative estimate of drug-likeness (QED) is 0.919. The average Bonchev–Trinajstić information content (AvgIpc) is 2.43. The second kappa shape index (κ2) is 8.08. The zero-order valence-corrected chi connectivity index (χ0v) is 13.7. The van der Waals surface area contributed by atoms with Crippen molar-refractivity contribution in [3.63, 3.8) is 0 Å². The lowest BCUT2D eigenvalue weighted by Crippen LogP contribution is -2.44. The van der Waals surface area contributed by atoms with Crippen LogP contribution in [-0.4, -0.2) is 37.0 Å². The van der Waals surface area contributed by atoms with E-state index in [0.717, 1.165) is 31.5 Å². The SMILES string of the molecule is CNC1CCN(C(=O)Cc2c(Cl)cccc2Cl)CC1.Cl. The Labute approximate surface area is 136 Å². The molecule has 0 aromatic heterocycles. The van der Waals surface area contributed by atoms with Gasteiger partial charge in [-0.2, -0.15) is 0 Å². The maximum absolute atomic E-state index is 12.3. The number of hydrogen-bond donors (Lipinski definition) is 1. The number of nitrogens with one attached hydrogen (secondary N) is 1. The first kappa shape index (κ1) is 17.6. The van der Waals surface area contributed by atoms with Crippen LogP contribution in [0.1, 0.15) is 18.4 Å². The predicted octanol–water partition coefficient (Wildman–Crippen LogP) is 3.17. The highest BCUT2D eigenvalue weighted by molar-refractivity contribution is 6.36. The molecule has 1 aliphatic heterocycles. The van der Waals surface area contributed by atoms with Crippen LogP contribution >= 0.6 is 35.6 Å². The van der Waals surface area contributed by atoms with Crippen LogP contribution in [0.3, 0.4) is 0 Å². The number of nitrogens with zero attached hydrogens (tertiary/aromatic N) is 1. The molecule has 20 heavy (non-hydrogen) atoms. The van der Waals surface area contributed by atoms with Crippen LogP contribution in [0, 0.1) is 0 Å². The number of piperidine rings is 1. The summed E-state index contributed by atoms with van der Waals surface area (Å²) in [5.74, 6) is 0.101. The lowest BCUT2D eigenvalue weighted by atomic mass is 10.0. The standard InChI is InChI=1S/C14H18Cl2N2O.ClH/c1-17-10-5-7-18(8-6-10)14(19)9-11-12(15)3-2-4-13(11)16;/h2-4,10,17H,5-9H2,1H3;1H. The maximum Gasteiger partial charge on any atom is 0.227 e. The molecule has 1 N–H and O–H groups in total. The van der Waals surface area contributed by atoms with E-state index in [-0.39, 0.29) is 24.7 Å². The van der Waals surface area contributed by atoms with Gasteiger partial charge < -0.3 is 10.2 Å². The molecule has 6 heteroatoms. The molecule has 0 aliphatic carbocycles. The van der Waals surface area contributed by atoms with E-state index in [1.54, 1.807) is 18.2 Å². The molecule has 0 saturated carbocycles. The highest BCUT2D eigenvalue weighted by Crippen LogP contribution is 2.25. The zero-order chi connectivity index (χ0) is 13.8. The van der Waals surface area contributed by atoms with Crippen LogP contribution in [-0.2, 0) is 11.2 Å². The van der Waals surface area contributed by atoms with Crippen LogP contribution in [0.5, 0.6) is 0 Å². The minimum absolute atomic E-state index is 0. The van der Waals surface area contributed by atoms with E-state index in [9.17, 15) is 4.79 Å². The molecule has 1 fully saturated rings. The van der Waals surface area contributed by atoms with Crippen molar-refractivity contribution < 1.29 is 4.79 Å².